The Morgan fingerprint density at radius 3 is 1.64 bits per heavy atom. The summed E-state index contributed by atoms with van der Waals surface area (Å²) in [5, 5.41) is 17.4. The molecular formula is C64H59N3O11. The van der Waals surface area contributed by atoms with E-state index >= 15 is 0 Å². The molecule has 7 aromatic rings. The van der Waals surface area contributed by atoms with E-state index in [4.69, 9.17) is 14.2 Å². The lowest BCUT2D eigenvalue weighted by molar-refractivity contribution is -0.384. The van der Waals surface area contributed by atoms with Crippen LogP contribution >= 0.6 is 0 Å². The van der Waals surface area contributed by atoms with Crippen molar-refractivity contribution in [2.75, 3.05) is 19.8 Å². The fourth-order valence-corrected chi connectivity index (χ4v) is 8.77. The van der Waals surface area contributed by atoms with Crippen molar-refractivity contribution < 1.29 is 47.9 Å². The van der Waals surface area contributed by atoms with Crippen LogP contribution in [0, 0.1) is 16.0 Å². The summed E-state index contributed by atoms with van der Waals surface area (Å²) in [5.41, 5.74) is 3.31. The summed E-state index contributed by atoms with van der Waals surface area (Å²) in [6, 6.07) is 48.0. The van der Waals surface area contributed by atoms with Crippen LogP contribution in [-0.2, 0) is 39.1 Å². The van der Waals surface area contributed by atoms with Crippen LogP contribution in [0.3, 0.4) is 0 Å². The van der Waals surface area contributed by atoms with Gasteiger partial charge in [0.1, 0.15) is 18.8 Å². The Labute approximate surface area is 452 Å². The third kappa shape index (κ3) is 14.2. The zero-order valence-electron chi connectivity index (χ0n) is 43.4. The van der Waals surface area contributed by atoms with E-state index in [0.717, 1.165) is 16.7 Å². The van der Waals surface area contributed by atoms with Crippen LogP contribution in [0.15, 0.2) is 201 Å². The molecule has 0 fully saturated rings. The van der Waals surface area contributed by atoms with Crippen molar-refractivity contribution in [3.63, 3.8) is 0 Å². The lowest BCUT2D eigenvalue weighted by atomic mass is 9.76. The highest BCUT2D eigenvalue weighted by Gasteiger charge is 2.39. The SMILES string of the molecule is C=CCOC(=O)c1ccc(CC(=O)c2ccc(CC(=O)c3ccc(CC(=O)[C@H](CC(=O)NC(c4ccccc4)(c4ccccc4)c4ccccc4)NC(=O)c4ccc([N+](=O)[O-])cc4)cc3)c(OCC(C)C)c2OCC=C)cc1. The maximum Gasteiger partial charge on any atom is 0.338 e. The number of hydrogen-bond acceptors (Lipinski definition) is 11. The number of nitro benzene ring substituents is 1. The number of carbonyl (C=O) groups excluding carboxylic acids is 6. The molecule has 0 radical (unpaired) electrons. The molecule has 14 nitrogen and oxygen atoms in total. The third-order valence-electron chi connectivity index (χ3n) is 12.7. The maximum atomic E-state index is 14.6. The average Bonchev–Trinajstić information content (AvgIpc) is 3.59. The molecule has 7 rings (SSSR count). The molecule has 7 aromatic carbocycles. The Morgan fingerprint density at radius 2 is 1.12 bits per heavy atom. The highest BCUT2D eigenvalue weighted by Crippen LogP contribution is 2.39. The number of nitro groups is 1. The Hall–Kier alpha value is -9.56. The van der Waals surface area contributed by atoms with Crippen LogP contribution in [0.25, 0.3) is 0 Å². The highest BCUT2D eigenvalue weighted by atomic mass is 16.6. The average molecular weight is 1050 g/mol. The van der Waals surface area contributed by atoms with Gasteiger partial charge in [0.05, 0.1) is 35.1 Å². The molecule has 396 valence electrons. The van der Waals surface area contributed by atoms with Crippen LogP contribution in [0.5, 0.6) is 11.5 Å². The smallest absolute Gasteiger partial charge is 0.338 e. The second-order valence-corrected chi connectivity index (χ2v) is 18.8. The van der Waals surface area contributed by atoms with Crippen LogP contribution in [0.2, 0.25) is 0 Å². The van der Waals surface area contributed by atoms with Gasteiger partial charge in [-0.3, -0.25) is 34.1 Å². The molecule has 0 unspecified atom stereocenters. The van der Waals surface area contributed by atoms with E-state index in [2.05, 4.69) is 23.8 Å². The molecule has 1 atom stereocenters. The quantitative estimate of drug-likeness (QED) is 0.0124. The van der Waals surface area contributed by atoms with Crippen LogP contribution in [0.1, 0.15) is 95.1 Å². The van der Waals surface area contributed by atoms with Crippen LogP contribution in [0.4, 0.5) is 5.69 Å². The number of rotatable bonds is 27. The second kappa shape index (κ2) is 26.8. The first kappa shape index (κ1) is 56.2. The number of hydrogen-bond donors (Lipinski definition) is 2. The number of non-ortho nitro benzene ring substituents is 1. The number of benzene rings is 7. The van der Waals surface area contributed by atoms with E-state index in [9.17, 15) is 38.9 Å². The van der Waals surface area contributed by atoms with Gasteiger partial charge in [0.2, 0.25) is 5.91 Å². The molecule has 0 aliphatic carbocycles. The maximum absolute atomic E-state index is 14.6. The zero-order valence-corrected chi connectivity index (χ0v) is 43.4. The minimum absolute atomic E-state index is 0.0270. The van der Waals surface area contributed by atoms with Gasteiger partial charge in [0, 0.05) is 48.1 Å². The second-order valence-electron chi connectivity index (χ2n) is 18.8. The molecular weight excluding hydrogens is 987 g/mol. The minimum atomic E-state index is -1.37. The molecule has 14 heteroatoms. The van der Waals surface area contributed by atoms with Gasteiger partial charge in [-0.15, -0.1) is 0 Å². The fraction of sp³-hybridized carbons (Fsp3) is 0.188. The van der Waals surface area contributed by atoms with Crippen molar-refractivity contribution in [1.29, 1.82) is 0 Å². The van der Waals surface area contributed by atoms with Gasteiger partial charge in [0.15, 0.2) is 28.8 Å². The monoisotopic (exact) mass is 1050 g/mol. The van der Waals surface area contributed by atoms with Gasteiger partial charge in [-0.05, 0) is 64.1 Å². The highest BCUT2D eigenvalue weighted by molar-refractivity contribution is 6.03. The molecule has 0 saturated carbocycles. The summed E-state index contributed by atoms with van der Waals surface area (Å²) in [5.74, 6) is -2.42. The van der Waals surface area contributed by atoms with Gasteiger partial charge < -0.3 is 24.8 Å². The minimum Gasteiger partial charge on any atom is -0.489 e. The van der Waals surface area contributed by atoms with Gasteiger partial charge in [-0.1, -0.05) is 173 Å². The fourth-order valence-electron chi connectivity index (χ4n) is 8.77. The van der Waals surface area contributed by atoms with E-state index in [1.54, 1.807) is 60.7 Å². The Bertz CT molecular complexity index is 3170. The molecule has 0 heterocycles. The summed E-state index contributed by atoms with van der Waals surface area (Å²) in [4.78, 5) is 94.1. The summed E-state index contributed by atoms with van der Waals surface area (Å²) in [7, 11) is 0. The van der Waals surface area contributed by atoms with Crippen molar-refractivity contribution in [3.05, 3.63) is 267 Å². The predicted molar refractivity (Wildman–Crippen MR) is 297 cm³/mol. The number of carbonyl (C=O) groups is 6. The van der Waals surface area contributed by atoms with Crippen molar-refractivity contribution in [2.45, 2.75) is 51.1 Å². The van der Waals surface area contributed by atoms with Crippen LogP contribution < -0.4 is 20.1 Å². The van der Waals surface area contributed by atoms with Crippen LogP contribution in [-0.4, -0.2) is 65.9 Å². The summed E-state index contributed by atoms with van der Waals surface area (Å²) < 4.78 is 17.5. The number of ether oxygens (including phenoxy) is 3. The van der Waals surface area contributed by atoms with Crippen molar-refractivity contribution in [3.8, 4) is 11.5 Å². The Kier molecular flexibility index (Phi) is 19.3. The summed E-state index contributed by atoms with van der Waals surface area (Å²) in [6.45, 7) is 11.6. The Morgan fingerprint density at radius 1 is 0.590 bits per heavy atom. The number of ketones is 3. The van der Waals surface area contributed by atoms with E-state index < -0.39 is 46.5 Å². The molecule has 0 aromatic heterocycles. The molecule has 78 heavy (non-hydrogen) atoms. The number of amides is 2. The van der Waals surface area contributed by atoms with Gasteiger partial charge in [0.25, 0.3) is 11.6 Å². The molecule has 2 N–H and O–H groups in total. The summed E-state index contributed by atoms with van der Waals surface area (Å²) in [6.07, 6.45) is 2.12. The number of nitrogens with one attached hydrogen (secondary N) is 2. The molecule has 0 aliphatic heterocycles. The number of esters is 1. The topological polar surface area (TPSA) is 197 Å². The predicted octanol–water partition coefficient (Wildman–Crippen LogP) is 10.8. The molecule has 0 aliphatic rings. The number of Topliss-reactive ketones (excluding diaryl/α,β-unsaturated/α-hetero) is 3. The first-order valence-electron chi connectivity index (χ1n) is 25.3. The first-order chi connectivity index (χ1) is 37.7. The molecule has 2 amide bonds. The van der Waals surface area contributed by atoms with Crippen molar-refractivity contribution in [1.82, 2.24) is 10.6 Å². The lowest BCUT2D eigenvalue weighted by Crippen LogP contribution is -2.51. The van der Waals surface area contributed by atoms with Gasteiger partial charge in [-0.2, -0.15) is 0 Å². The van der Waals surface area contributed by atoms with Crippen molar-refractivity contribution in [2.24, 2.45) is 5.92 Å². The zero-order chi connectivity index (χ0) is 55.6. The number of nitrogens with zero attached hydrogens (tertiary/aromatic N) is 1. The Balaban J connectivity index is 1.13. The van der Waals surface area contributed by atoms with Crippen molar-refractivity contribution >= 4 is 40.8 Å². The standard InChI is InChI=1S/C64H59N3O11/c1-5-36-76-61-54(57(69)38-44-24-28-48(29-25-44)63(73)77-37-6-2)35-32-49(60(61)78-42-43(3)4)40-56(68)46-26-22-45(23-27-46)39-58(70)55(65-62(72)47-30-33-53(34-31-47)67(74)75)41-59(71)66-64(50-16-10-7-11-17-50,51-18-12-8-13-19-51)52-20-14-9-15-21-52/h5-35,43,55H,1-2,36-42H2,3-4H3,(H,65,72)(H,66,71)/t55-/m0/s1. The van der Waals surface area contributed by atoms with E-state index in [0.29, 0.717) is 27.8 Å². The molecule has 0 bridgehead atoms. The van der Waals surface area contributed by atoms with Gasteiger partial charge >= 0.3 is 5.97 Å². The van der Waals surface area contributed by atoms with E-state index in [-0.39, 0.29) is 84.9 Å². The first-order valence-corrected chi connectivity index (χ1v) is 25.3. The molecule has 0 spiro atoms. The third-order valence-corrected chi connectivity index (χ3v) is 12.7. The largest absolute Gasteiger partial charge is 0.489 e. The van der Waals surface area contributed by atoms with E-state index in [1.165, 1.54) is 36.4 Å². The normalized spacial score (nSPS) is 11.4. The van der Waals surface area contributed by atoms with Gasteiger partial charge in [-0.25, -0.2) is 4.79 Å². The summed E-state index contributed by atoms with van der Waals surface area (Å²) >= 11 is 0. The lowest BCUT2D eigenvalue weighted by Gasteiger charge is -2.37. The van der Waals surface area contributed by atoms with E-state index in [1.807, 2.05) is 105 Å². The molecule has 0 saturated heterocycles.